The van der Waals surface area contributed by atoms with Crippen LogP contribution in [0.2, 0.25) is 0 Å². The molecule has 0 rings (SSSR count). The minimum absolute atomic E-state index is 0.508. The van der Waals surface area contributed by atoms with Gasteiger partial charge in [-0.05, 0) is 6.42 Å². The van der Waals surface area contributed by atoms with E-state index >= 15 is 0 Å². The molecule has 0 spiro atoms. The van der Waals surface area contributed by atoms with Crippen molar-refractivity contribution in [2.75, 3.05) is 0 Å². The van der Waals surface area contributed by atoms with Crippen LogP contribution < -0.4 is 0 Å². The van der Waals surface area contributed by atoms with Crippen LogP contribution in [0.5, 0.6) is 0 Å². The molecule has 70 valence electrons. The summed E-state index contributed by atoms with van der Waals surface area (Å²) in [4.78, 5) is 10.1. The Morgan fingerprint density at radius 2 is 2.08 bits per heavy atom. The van der Waals surface area contributed by atoms with Crippen molar-refractivity contribution in [1.29, 1.82) is 5.41 Å². The molecule has 12 heavy (non-hydrogen) atoms. The molecule has 0 heterocycles. The highest BCUT2D eigenvalue weighted by Crippen LogP contribution is 2.23. The van der Waals surface area contributed by atoms with Gasteiger partial charge in [-0.1, -0.05) is 0 Å². The second kappa shape index (κ2) is 4.08. The van der Waals surface area contributed by atoms with Crippen molar-refractivity contribution in [1.82, 2.24) is 0 Å². The van der Waals surface area contributed by atoms with Crippen molar-refractivity contribution >= 4 is 12.2 Å². The van der Waals surface area contributed by atoms with Gasteiger partial charge in [-0.3, -0.25) is 4.79 Å². The molecule has 6 heteroatoms. The first-order chi connectivity index (χ1) is 5.37. The van der Waals surface area contributed by atoms with Crippen LogP contribution in [-0.4, -0.2) is 23.5 Å². The van der Waals surface area contributed by atoms with Crippen LogP contribution in [0.3, 0.4) is 0 Å². The second-order valence-electron chi connectivity index (χ2n) is 2.27. The second-order valence-corrected chi connectivity index (χ2v) is 2.27. The number of carbonyl (C=O) groups is 1. The van der Waals surface area contributed by atoms with E-state index in [0.717, 1.165) is 0 Å². The number of rotatable bonds is 4. The zero-order valence-electron chi connectivity index (χ0n) is 6.06. The number of halogens is 3. The zero-order valence-corrected chi connectivity index (χ0v) is 6.06. The monoisotopic (exact) mass is 183 g/mol. The van der Waals surface area contributed by atoms with Crippen LogP contribution in [0.15, 0.2) is 0 Å². The van der Waals surface area contributed by atoms with Gasteiger partial charge < -0.3 is 10.5 Å². The van der Waals surface area contributed by atoms with Crippen LogP contribution >= 0.6 is 0 Å². The van der Waals surface area contributed by atoms with Gasteiger partial charge in [-0.15, -0.1) is 0 Å². The van der Waals surface area contributed by atoms with Crippen molar-refractivity contribution in [3.05, 3.63) is 0 Å². The molecule has 0 saturated carbocycles. The van der Waals surface area contributed by atoms with Crippen molar-refractivity contribution in [3.63, 3.8) is 0 Å². The predicted molar refractivity (Wildman–Crippen MR) is 35.2 cm³/mol. The maximum absolute atomic E-state index is 11.5. The summed E-state index contributed by atoms with van der Waals surface area (Å²) in [6, 6.07) is 0. The fourth-order valence-electron chi connectivity index (χ4n) is 0.597. The SMILES string of the molecule is N=CC(CCC(F)(F)F)C(=O)O. The lowest BCUT2D eigenvalue weighted by Crippen LogP contribution is -2.18. The molecular weight excluding hydrogens is 175 g/mol. The maximum atomic E-state index is 11.5. The van der Waals surface area contributed by atoms with Crippen LogP contribution in [0.25, 0.3) is 0 Å². The van der Waals surface area contributed by atoms with Crippen molar-refractivity contribution in [2.45, 2.75) is 19.0 Å². The number of nitrogens with one attached hydrogen (secondary N) is 1. The highest BCUT2D eigenvalue weighted by atomic mass is 19.4. The van der Waals surface area contributed by atoms with Crippen LogP contribution in [0.1, 0.15) is 12.8 Å². The molecule has 0 aliphatic carbocycles. The Kier molecular flexibility index (Phi) is 3.72. The van der Waals surface area contributed by atoms with Crippen molar-refractivity contribution in [2.24, 2.45) is 5.92 Å². The quantitative estimate of drug-likeness (QED) is 0.651. The van der Waals surface area contributed by atoms with Gasteiger partial charge in [0.1, 0.15) is 0 Å². The summed E-state index contributed by atoms with van der Waals surface area (Å²) in [6.45, 7) is 0. The Morgan fingerprint density at radius 3 is 2.33 bits per heavy atom. The number of alkyl halides is 3. The smallest absolute Gasteiger partial charge is 0.389 e. The van der Waals surface area contributed by atoms with Gasteiger partial charge in [0.2, 0.25) is 0 Å². The minimum Gasteiger partial charge on any atom is -0.481 e. The van der Waals surface area contributed by atoms with E-state index in [1.54, 1.807) is 0 Å². The summed E-state index contributed by atoms with van der Waals surface area (Å²) in [6.07, 6.45) is -5.58. The molecule has 0 saturated heterocycles. The third kappa shape index (κ3) is 4.70. The molecule has 3 nitrogen and oxygen atoms in total. The summed E-state index contributed by atoms with van der Waals surface area (Å²) in [5.41, 5.74) is 0. The number of hydrogen-bond acceptors (Lipinski definition) is 2. The van der Waals surface area contributed by atoms with E-state index in [-0.39, 0.29) is 0 Å². The van der Waals surface area contributed by atoms with Crippen LogP contribution in [-0.2, 0) is 4.79 Å². The van der Waals surface area contributed by atoms with E-state index in [2.05, 4.69) is 0 Å². The maximum Gasteiger partial charge on any atom is 0.389 e. The Balaban J connectivity index is 3.90. The molecule has 0 radical (unpaired) electrons. The Morgan fingerprint density at radius 1 is 1.58 bits per heavy atom. The van der Waals surface area contributed by atoms with Crippen molar-refractivity contribution < 1.29 is 23.1 Å². The van der Waals surface area contributed by atoms with E-state index in [1.807, 2.05) is 0 Å². The lowest BCUT2D eigenvalue weighted by Gasteiger charge is -2.08. The van der Waals surface area contributed by atoms with E-state index in [9.17, 15) is 18.0 Å². The van der Waals surface area contributed by atoms with Gasteiger partial charge >= 0.3 is 12.1 Å². The number of carboxylic acids is 1. The van der Waals surface area contributed by atoms with Gasteiger partial charge in [0, 0.05) is 12.6 Å². The normalized spacial score (nSPS) is 13.9. The molecule has 1 atom stereocenters. The molecule has 0 aromatic rings. The fraction of sp³-hybridized carbons (Fsp3) is 0.667. The fourth-order valence-corrected chi connectivity index (χ4v) is 0.597. The molecule has 1 unspecified atom stereocenters. The number of carboxylic acid groups (broad SMARTS) is 1. The predicted octanol–water partition coefficient (Wildman–Crippen LogP) is 1.68. The molecule has 0 aromatic heterocycles. The topological polar surface area (TPSA) is 61.2 Å². The summed E-state index contributed by atoms with van der Waals surface area (Å²) >= 11 is 0. The van der Waals surface area contributed by atoms with E-state index in [4.69, 9.17) is 10.5 Å². The zero-order chi connectivity index (χ0) is 9.78. The third-order valence-electron chi connectivity index (χ3n) is 1.26. The summed E-state index contributed by atoms with van der Waals surface area (Å²) < 4.78 is 34.6. The summed E-state index contributed by atoms with van der Waals surface area (Å²) in [5.74, 6) is -2.72. The summed E-state index contributed by atoms with van der Waals surface area (Å²) in [5, 5.41) is 14.8. The van der Waals surface area contributed by atoms with Crippen molar-refractivity contribution in [3.8, 4) is 0 Å². The van der Waals surface area contributed by atoms with E-state index < -0.39 is 30.9 Å². The van der Waals surface area contributed by atoms with Gasteiger partial charge in [0.25, 0.3) is 0 Å². The number of hydrogen-bond donors (Lipinski definition) is 2. The Hall–Kier alpha value is -1.07. The molecular formula is C6H8F3NO2. The first-order valence-electron chi connectivity index (χ1n) is 3.17. The van der Waals surface area contributed by atoms with Crippen LogP contribution in [0, 0.1) is 11.3 Å². The average molecular weight is 183 g/mol. The highest BCUT2D eigenvalue weighted by Gasteiger charge is 2.29. The lowest BCUT2D eigenvalue weighted by molar-refractivity contribution is -0.145. The number of aliphatic carboxylic acids is 1. The molecule has 0 aliphatic rings. The first kappa shape index (κ1) is 10.9. The summed E-state index contributed by atoms with van der Waals surface area (Å²) in [7, 11) is 0. The standard InChI is InChI=1S/C6H8F3NO2/c7-6(8,9)2-1-4(3-10)5(11)12/h3-4,10H,1-2H2,(H,11,12). The van der Waals surface area contributed by atoms with E-state index in [1.165, 1.54) is 0 Å². The lowest BCUT2D eigenvalue weighted by atomic mass is 10.1. The molecule has 0 aromatic carbocycles. The van der Waals surface area contributed by atoms with Gasteiger partial charge in [0.05, 0.1) is 5.92 Å². The molecule has 0 bridgehead atoms. The first-order valence-corrected chi connectivity index (χ1v) is 3.17. The minimum atomic E-state index is -4.35. The van der Waals surface area contributed by atoms with Gasteiger partial charge in [0.15, 0.2) is 0 Å². The van der Waals surface area contributed by atoms with Crippen LogP contribution in [0.4, 0.5) is 13.2 Å². The molecule has 0 fully saturated rings. The Bertz CT molecular complexity index is 178. The largest absolute Gasteiger partial charge is 0.481 e. The van der Waals surface area contributed by atoms with E-state index in [0.29, 0.717) is 6.21 Å². The molecule has 2 N–H and O–H groups in total. The molecule has 0 amide bonds. The average Bonchev–Trinajstić information content (AvgIpc) is 1.85. The van der Waals surface area contributed by atoms with Gasteiger partial charge in [-0.2, -0.15) is 13.2 Å². The highest BCUT2D eigenvalue weighted by molar-refractivity contribution is 5.87. The van der Waals surface area contributed by atoms with Gasteiger partial charge in [-0.25, -0.2) is 0 Å². The molecule has 0 aliphatic heterocycles. The third-order valence-corrected chi connectivity index (χ3v) is 1.26. The Labute approximate surface area is 66.7 Å².